The van der Waals surface area contributed by atoms with E-state index in [1.54, 1.807) is 0 Å². The second kappa shape index (κ2) is 5.87. The number of carboxylic acids is 1. The third-order valence-corrected chi connectivity index (χ3v) is 2.63. The molecule has 0 heterocycles. The molecule has 2 aromatic carbocycles. The lowest BCUT2D eigenvalue weighted by Crippen LogP contribution is -2.13. The van der Waals surface area contributed by atoms with Gasteiger partial charge in [0.2, 0.25) is 0 Å². The molecule has 2 rings (SSSR count). The van der Waals surface area contributed by atoms with Crippen LogP contribution in [0, 0.1) is 0 Å². The second-order valence-corrected chi connectivity index (χ2v) is 4.11. The Kier molecular flexibility index (Phi) is 3.99. The van der Waals surface area contributed by atoms with Crippen molar-refractivity contribution in [1.82, 2.24) is 0 Å². The van der Waals surface area contributed by atoms with Gasteiger partial charge < -0.3 is 14.9 Å². The summed E-state index contributed by atoms with van der Waals surface area (Å²) >= 11 is 0. The lowest BCUT2D eigenvalue weighted by molar-refractivity contribution is 0.0397. The minimum atomic E-state index is -1.19. The van der Waals surface area contributed by atoms with Crippen molar-refractivity contribution in [3.8, 4) is 5.75 Å². The molecule has 0 radical (unpaired) electrons. The van der Waals surface area contributed by atoms with Crippen molar-refractivity contribution in [3.63, 3.8) is 0 Å². The first kappa shape index (κ1) is 14.3. The summed E-state index contributed by atoms with van der Waals surface area (Å²) in [5, 5.41) is 17.9. The van der Waals surface area contributed by atoms with E-state index < -0.39 is 17.9 Å². The van der Waals surface area contributed by atoms with E-state index in [4.69, 9.17) is 10.2 Å². The Morgan fingerprint density at radius 2 is 1.38 bits per heavy atom. The van der Waals surface area contributed by atoms with E-state index in [9.17, 15) is 14.4 Å². The highest BCUT2D eigenvalue weighted by Gasteiger charge is 2.16. The number of hydrogen-bond acceptors (Lipinski definition) is 5. The maximum absolute atomic E-state index is 11.8. The van der Waals surface area contributed by atoms with Crippen LogP contribution in [0.3, 0.4) is 0 Å². The van der Waals surface area contributed by atoms with Gasteiger partial charge in [0.1, 0.15) is 5.75 Å². The van der Waals surface area contributed by atoms with Crippen molar-refractivity contribution in [1.29, 1.82) is 0 Å². The Labute approximate surface area is 119 Å². The first-order valence-electron chi connectivity index (χ1n) is 5.86. The summed E-state index contributed by atoms with van der Waals surface area (Å²) in [6.45, 7) is 0. The van der Waals surface area contributed by atoms with Crippen molar-refractivity contribution in [2.45, 2.75) is 0 Å². The predicted molar refractivity (Wildman–Crippen MR) is 71.3 cm³/mol. The van der Waals surface area contributed by atoms with E-state index in [1.807, 2.05) is 0 Å². The Bertz CT molecular complexity index is 702. The monoisotopic (exact) mass is 286 g/mol. The van der Waals surface area contributed by atoms with E-state index in [0.717, 1.165) is 6.07 Å². The number of carbonyl (C=O) groups is 3. The summed E-state index contributed by atoms with van der Waals surface area (Å²) in [7, 11) is 0. The van der Waals surface area contributed by atoms with Crippen molar-refractivity contribution >= 4 is 17.9 Å². The van der Waals surface area contributed by atoms with Gasteiger partial charge in [0, 0.05) is 0 Å². The fraction of sp³-hybridized carbons (Fsp3) is 0. The molecular formula is C15H10O6. The van der Waals surface area contributed by atoms with Gasteiger partial charge in [0.05, 0.1) is 16.7 Å². The molecule has 6 heteroatoms. The fourth-order valence-electron chi connectivity index (χ4n) is 1.58. The smallest absolute Gasteiger partial charge is 0.346 e. The topological polar surface area (TPSA) is 101 Å². The molecule has 0 spiro atoms. The molecule has 6 nitrogen and oxygen atoms in total. The lowest BCUT2D eigenvalue weighted by atomic mass is 10.1. The average molecular weight is 286 g/mol. The zero-order valence-corrected chi connectivity index (χ0v) is 10.6. The summed E-state index contributed by atoms with van der Waals surface area (Å²) in [6.07, 6.45) is 0. The van der Waals surface area contributed by atoms with Gasteiger partial charge in [0.25, 0.3) is 0 Å². The molecule has 0 atom stereocenters. The van der Waals surface area contributed by atoms with Crippen LogP contribution in [0.5, 0.6) is 5.75 Å². The second-order valence-electron chi connectivity index (χ2n) is 4.11. The first-order chi connectivity index (χ1) is 9.97. The normalized spacial score (nSPS) is 9.90. The Balaban J connectivity index is 2.14. The molecule has 0 unspecified atom stereocenters. The van der Waals surface area contributed by atoms with E-state index in [-0.39, 0.29) is 22.4 Å². The highest BCUT2D eigenvalue weighted by atomic mass is 16.6. The van der Waals surface area contributed by atoms with Gasteiger partial charge >= 0.3 is 17.9 Å². The van der Waals surface area contributed by atoms with Crippen LogP contribution in [0.15, 0.2) is 48.5 Å². The fourth-order valence-corrected chi connectivity index (χ4v) is 1.58. The Hall–Kier alpha value is -3.15. The molecule has 21 heavy (non-hydrogen) atoms. The van der Waals surface area contributed by atoms with Crippen LogP contribution in [0.2, 0.25) is 0 Å². The number of phenolic OH excluding ortho intramolecular Hbond substituents is 1. The van der Waals surface area contributed by atoms with E-state index in [0.29, 0.717) is 0 Å². The number of aromatic hydroxyl groups is 1. The number of hydrogen-bond donors (Lipinski definition) is 2. The predicted octanol–water partition coefficient (Wildman–Crippen LogP) is 2.09. The van der Waals surface area contributed by atoms with Gasteiger partial charge in [-0.2, -0.15) is 0 Å². The molecule has 0 aliphatic rings. The van der Waals surface area contributed by atoms with E-state index >= 15 is 0 Å². The van der Waals surface area contributed by atoms with Gasteiger partial charge in [-0.15, -0.1) is 0 Å². The third-order valence-electron chi connectivity index (χ3n) is 2.63. The molecule has 0 saturated heterocycles. The molecule has 0 amide bonds. The minimum absolute atomic E-state index is 0.0213. The first-order valence-corrected chi connectivity index (χ1v) is 5.86. The SMILES string of the molecule is O=C(O)c1cccc(C(=O)OC(=O)c2ccc(O)cc2)c1. The van der Waals surface area contributed by atoms with Crippen molar-refractivity contribution in [2.24, 2.45) is 0 Å². The molecule has 106 valence electrons. The molecule has 0 aliphatic carbocycles. The number of aromatic carboxylic acids is 1. The average Bonchev–Trinajstić information content (AvgIpc) is 2.48. The highest BCUT2D eigenvalue weighted by molar-refractivity contribution is 6.03. The largest absolute Gasteiger partial charge is 0.508 e. The number of esters is 2. The van der Waals surface area contributed by atoms with Gasteiger partial charge in [-0.3, -0.25) is 0 Å². The minimum Gasteiger partial charge on any atom is -0.508 e. The van der Waals surface area contributed by atoms with Gasteiger partial charge in [0.15, 0.2) is 0 Å². The zero-order chi connectivity index (χ0) is 15.4. The van der Waals surface area contributed by atoms with Crippen LogP contribution in [0.25, 0.3) is 0 Å². The summed E-state index contributed by atoms with van der Waals surface area (Å²) in [4.78, 5) is 34.3. The van der Waals surface area contributed by atoms with E-state index in [1.165, 1.54) is 42.5 Å². The van der Waals surface area contributed by atoms with Crippen LogP contribution in [-0.2, 0) is 4.74 Å². The quantitative estimate of drug-likeness (QED) is 0.661. The van der Waals surface area contributed by atoms with Gasteiger partial charge in [-0.25, -0.2) is 14.4 Å². The van der Waals surface area contributed by atoms with Crippen LogP contribution in [-0.4, -0.2) is 28.1 Å². The molecule has 0 saturated carbocycles. The summed E-state index contributed by atoms with van der Waals surface area (Å²) in [5.41, 5.74) is -0.0286. The molecule has 2 aromatic rings. The highest BCUT2D eigenvalue weighted by Crippen LogP contribution is 2.12. The molecule has 0 aliphatic heterocycles. The Morgan fingerprint density at radius 1 is 0.810 bits per heavy atom. The summed E-state index contributed by atoms with van der Waals surface area (Å²) in [6, 6.07) is 10.3. The van der Waals surface area contributed by atoms with Crippen molar-refractivity contribution in [2.75, 3.05) is 0 Å². The van der Waals surface area contributed by atoms with Crippen LogP contribution in [0.4, 0.5) is 0 Å². The molecule has 0 fully saturated rings. The molecular weight excluding hydrogens is 276 g/mol. The number of phenols is 1. The Morgan fingerprint density at radius 3 is 2.00 bits per heavy atom. The lowest BCUT2D eigenvalue weighted by Gasteiger charge is -2.04. The molecule has 0 bridgehead atoms. The standard InChI is InChI=1S/C15H10O6/c16-12-6-4-9(5-7-12)14(19)21-15(20)11-3-1-2-10(8-11)13(17)18/h1-8,16H,(H,17,18). The third kappa shape index (κ3) is 3.44. The van der Waals surface area contributed by atoms with Gasteiger partial charge in [-0.05, 0) is 42.5 Å². The van der Waals surface area contributed by atoms with Crippen molar-refractivity contribution in [3.05, 3.63) is 65.2 Å². The number of ether oxygens (including phenoxy) is 1. The number of rotatable bonds is 3. The maximum Gasteiger partial charge on any atom is 0.346 e. The number of carbonyl (C=O) groups excluding carboxylic acids is 2. The zero-order valence-electron chi connectivity index (χ0n) is 10.6. The van der Waals surface area contributed by atoms with Crippen LogP contribution < -0.4 is 0 Å². The number of carboxylic acid groups (broad SMARTS) is 1. The van der Waals surface area contributed by atoms with Crippen LogP contribution in [0.1, 0.15) is 31.1 Å². The molecule has 0 aromatic heterocycles. The van der Waals surface area contributed by atoms with E-state index in [2.05, 4.69) is 4.74 Å². The van der Waals surface area contributed by atoms with Crippen LogP contribution >= 0.6 is 0 Å². The molecule has 2 N–H and O–H groups in total. The van der Waals surface area contributed by atoms with Crippen molar-refractivity contribution < 1.29 is 29.3 Å². The summed E-state index contributed by atoms with van der Waals surface area (Å²) < 4.78 is 4.64. The number of benzene rings is 2. The van der Waals surface area contributed by atoms with Gasteiger partial charge in [-0.1, -0.05) is 6.07 Å². The summed E-state index contributed by atoms with van der Waals surface area (Å²) in [5.74, 6) is -3.04. The maximum atomic E-state index is 11.8.